The predicted octanol–water partition coefficient (Wildman–Crippen LogP) is -2.75. The fourth-order valence-corrected chi connectivity index (χ4v) is 3.74. The molecule has 168 valence electrons. The average molecular weight is 521 g/mol. The summed E-state index contributed by atoms with van der Waals surface area (Å²) in [5, 5.41) is 3.51. The first kappa shape index (κ1) is 26.9. The number of hydrogen-bond donors (Lipinski definition) is 1. The van der Waals surface area contributed by atoms with Crippen LogP contribution in [0.2, 0.25) is 0 Å². The number of aromatic nitrogens is 1. The van der Waals surface area contributed by atoms with E-state index in [0.717, 1.165) is 73.7 Å². The highest BCUT2D eigenvalue weighted by Gasteiger charge is 2.13. The van der Waals surface area contributed by atoms with Gasteiger partial charge in [-0.15, -0.1) is 0 Å². The van der Waals surface area contributed by atoms with Crippen LogP contribution in [0.4, 0.5) is 0 Å². The maximum absolute atomic E-state index is 5.96. The van der Waals surface area contributed by atoms with Crippen molar-refractivity contribution >= 4 is 15.9 Å². The van der Waals surface area contributed by atoms with Gasteiger partial charge in [0.1, 0.15) is 6.61 Å². The lowest BCUT2D eigenvalue weighted by Crippen LogP contribution is -3.00. The molecule has 1 saturated heterocycles. The zero-order valence-electron chi connectivity index (χ0n) is 17.1. The summed E-state index contributed by atoms with van der Waals surface area (Å²) < 4.78 is 17.8. The topological polar surface area (TPSA) is 55.9 Å². The van der Waals surface area contributed by atoms with E-state index in [2.05, 4.69) is 37.2 Å². The fraction of sp³-hybridized carbons (Fsp3) is 0.476. The normalized spacial score (nSPS) is 13.8. The third-order valence-corrected chi connectivity index (χ3v) is 5.24. The van der Waals surface area contributed by atoms with Gasteiger partial charge < -0.3 is 44.3 Å². The van der Waals surface area contributed by atoms with Crippen LogP contribution in [0.1, 0.15) is 17.5 Å². The number of nitrogens with one attached hydrogen (secondary N) is 1. The maximum Gasteiger partial charge on any atom is 0.175 e. The quantitative estimate of drug-likeness (QED) is 0.343. The van der Waals surface area contributed by atoms with Crippen molar-refractivity contribution in [1.82, 2.24) is 15.2 Å². The zero-order valence-corrected chi connectivity index (χ0v) is 20.2. The summed E-state index contributed by atoms with van der Waals surface area (Å²) in [5.41, 5.74) is 2.17. The van der Waals surface area contributed by atoms with Gasteiger partial charge in [-0.3, -0.25) is 9.88 Å². The summed E-state index contributed by atoms with van der Waals surface area (Å²) in [5.74, 6) is 1.44. The lowest BCUT2D eigenvalue weighted by Gasteiger charge is -2.26. The van der Waals surface area contributed by atoms with Crippen LogP contribution in [0.15, 0.2) is 41.1 Å². The van der Waals surface area contributed by atoms with Crippen molar-refractivity contribution in [1.29, 1.82) is 0 Å². The van der Waals surface area contributed by atoms with Gasteiger partial charge in [0.2, 0.25) is 0 Å². The van der Waals surface area contributed by atoms with Crippen LogP contribution >= 0.6 is 15.9 Å². The number of nitrogens with zero attached hydrogens (tertiary/aromatic N) is 2. The van der Waals surface area contributed by atoms with E-state index in [0.29, 0.717) is 12.4 Å². The number of benzene rings is 1. The van der Waals surface area contributed by atoms with Gasteiger partial charge in [-0.1, -0.05) is 6.07 Å². The second kappa shape index (κ2) is 14.8. The third-order valence-electron chi connectivity index (χ3n) is 4.66. The molecule has 1 N–H and O–H groups in total. The van der Waals surface area contributed by atoms with E-state index in [9.17, 15) is 0 Å². The van der Waals surface area contributed by atoms with Crippen molar-refractivity contribution < 1.29 is 39.0 Å². The highest BCUT2D eigenvalue weighted by atomic mass is 79.9. The summed E-state index contributed by atoms with van der Waals surface area (Å²) in [6.07, 6.45) is 4.68. The third kappa shape index (κ3) is 8.57. The van der Waals surface area contributed by atoms with E-state index in [1.807, 2.05) is 18.2 Å². The van der Waals surface area contributed by atoms with Gasteiger partial charge in [0.25, 0.3) is 0 Å². The molecule has 0 saturated carbocycles. The van der Waals surface area contributed by atoms with Crippen molar-refractivity contribution in [2.75, 3.05) is 46.5 Å². The van der Waals surface area contributed by atoms with Crippen molar-refractivity contribution in [2.24, 2.45) is 0 Å². The molecule has 0 bridgehead atoms. The van der Waals surface area contributed by atoms with Crippen LogP contribution < -0.4 is 39.6 Å². The molecule has 1 aliphatic rings. The molecule has 1 aromatic carbocycles. The molecule has 6 nitrogen and oxygen atoms in total. The molecule has 1 aromatic heterocycles. The van der Waals surface area contributed by atoms with Gasteiger partial charge in [-0.25, -0.2) is 0 Å². The Morgan fingerprint density at radius 2 is 2.00 bits per heavy atom. The summed E-state index contributed by atoms with van der Waals surface area (Å²) in [4.78, 5) is 6.57. The Bertz CT molecular complexity index is 735. The molecule has 0 spiro atoms. The summed E-state index contributed by atoms with van der Waals surface area (Å²) in [7, 11) is 1.66. The molecule has 9 heteroatoms. The van der Waals surface area contributed by atoms with Crippen LogP contribution in [0.25, 0.3) is 0 Å². The summed E-state index contributed by atoms with van der Waals surface area (Å²) >= 11 is 3.62. The molecule has 1 aliphatic heterocycles. The number of methoxy groups -OCH3 is 1. The molecule has 0 unspecified atom stereocenters. The van der Waals surface area contributed by atoms with Gasteiger partial charge in [-0.2, -0.15) is 0 Å². The van der Waals surface area contributed by atoms with E-state index in [1.54, 1.807) is 19.5 Å². The minimum Gasteiger partial charge on any atom is -1.00 e. The minimum atomic E-state index is 0. The van der Waals surface area contributed by atoms with Crippen molar-refractivity contribution in [3.05, 3.63) is 52.3 Å². The summed E-state index contributed by atoms with van der Waals surface area (Å²) in [6.45, 7) is 7.14. The molecule has 0 aliphatic carbocycles. The molecule has 3 rings (SSSR count). The lowest BCUT2D eigenvalue weighted by atomic mass is 10.2. The van der Waals surface area contributed by atoms with E-state index in [-0.39, 0.29) is 24.8 Å². The van der Waals surface area contributed by atoms with E-state index < -0.39 is 0 Å². The van der Waals surface area contributed by atoms with Crippen LogP contribution in [-0.4, -0.2) is 56.4 Å². The van der Waals surface area contributed by atoms with Crippen LogP contribution in [0.5, 0.6) is 11.5 Å². The van der Waals surface area contributed by atoms with Gasteiger partial charge in [0.15, 0.2) is 11.5 Å². The second-order valence-corrected chi connectivity index (χ2v) is 7.60. The van der Waals surface area contributed by atoms with Gasteiger partial charge in [0, 0.05) is 37.6 Å². The van der Waals surface area contributed by atoms with Gasteiger partial charge in [-0.05, 0) is 59.2 Å². The number of hydrogen-bond acceptors (Lipinski definition) is 6. The van der Waals surface area contributed by atoms with E-state index in [4.69, 9.17) is 14.2 Å². The van der Waals surface area contributed by atoms with Crippen LogP contribution in [0.3, 0.4) is 0 Å². The Labute approximate surface area is 199 Å². The molecule has 30 heavy (non-hydrogen) atoms. The largest absolute Gasteiger partial charge is 1.00 e. The van der Waals surface area contributed by atoms with Crippen molar-refractivity contribution in [3.8, 4) is 11.5 Å². The van der Waals surface area contributed by atoms with Crippen LogP contribution in [-0.2, 0) is 17.9 Å². The number of rotatable bonds is 10. The van der Waals surface area contributed by atoms with E-state index in [1.165, 1.54) is 0 Å². The molecular formula is C21H28BrCl2N3O3-2. The molecular weight excluding hydrogens is 493 g/mol. The Hall–Kier alpha value is -1.09. The van der Waals surface area contributed by atoms with Crippen molar-refractivity contribution in [3.63, 3.8) is 0 Å². The molecule has 0 radical (unpaired) electrons. The standard InChI is InChI=1S/C21H28BrN3O3.2ClH/c1-26-20-13-18(15-24-6-3-7-25-8-10-27-11-9-25)12-19(22)21(20)28-16-17-4-2-5-23-14-17;;/h2,4-5,12-14,24H,3,6-11,15-16H2,1H3;2*1H/p-2. The fourth-order valence-electron chi connectivity index (χ4n) is 3.14. The highest BCUT2D eigenvalue weighted by Crippen LogP contribution is 2.37. The van der Waals surface area contributed by atoms with Gasteiger partial charge >= 0.3 is 0 Å². The lowest BCUT2D eigenvalue weighted by molar-refractivity contribution is -0.00100. The van der Waals surface area contributed by atoms with Crippen molar-refractivity contribution in [2.45, 2.75) is 19.6 Å². The Morgan fingerprint density at radius 1 is 1.20 bits per heavy atom. The molecule has 1 fully saturated rings. The average Bonchev–Trinajstić information content (AvgIpc) is 2.74. The SMILES string of the molecule is COc1cc(CNCCCN2CCOCC2)cc(Br)c1OCc1cccnc1.[Cl-].[Cl-]. The first-order chi connectivity index (χ1) is 13.8. The minimum absolute atomic E-state index is 0. The molecule has 0 amide bonds. The van der Waals surface area contributed by atoms with E-state index >= 15 is 0 Å². The second-order valence-electron chi connectivity index (χ2n) is 6.74. The number of morpholine rings is 1. The molecule has 2 aromatic rings. The summed E-state index contributed by atoms with van der Waals surface area (Å²) in [6, 6.07) is 8.00. The Balaban J connectivity index is 0.00000225. The predicted molar refractivity (Wildman–Crippen MR) is 113 cm³/mol. The Morgan fingerprint density at radius 3 is 2.70 bits per heavy atom. The monoisotopic (exact) mass is 519 g/mol. The Kier molecular flexibility index (Phi) is 13.3. The van der Waals surface area contributed by atoms with Gasteiger partial charge in [0.05, 0.1) is 24.8 Å². The number of ether oxygens (including phenoxy) is 3. The highest BCUT2D eigenvalue weighted by molar-refractivity contribution is 9.10. The first-order valence-corrected chi connectivity index (χ1v) is 10.4. The van der Waals surface area contributed by atoms with Crippen LogP contribution in [0, 0.1) is 0 Å². The number of pyridine rings is 1. The molecule has 0 atom stereocenters. The number of halogens is 3. The maximum atomic E-state index is 5.96. The zero-order chi connectivity index (χ0) is 19.6. The molecule has 2 heterocycles. The smallest absolute Gasteiger partial charge is 0.175 e. The first-order valence-electron chi connectivity index (χ1n) is 9.65.